The Hall–Kier alpha value is -2.67. The minimum atomic E-state index is -0.298. The van der Waals surface area contributed by atoms with E-state index >= 15 is 0 Å². The molecule has 3 aromatic rings. The highest BCUT2D eigenvalue weighted by Gasteiger charge is 2.10. The maximum atomic E-state index is 12.0. The van der Waals surface area contributed by atoms with Gasteiger partial charge < -0.3 is 15.5 Å². The summed E-state index contributed by atoms with van der Waals surface area (Å²) in [6, 6.07) is 7.28. The first kappa shape index (κ1) is 12.4. The van der Waals surface area contributed by atoms with Crippen molar-refractivity contribution in [3.63, 3.8) is 0 Å². The molecule has 0 fully saturated rings. The van der Waals surface area contributed by atoms with Crippen LogP contribution in [0.15, 0.2) is 46.7 Å². The Labute approximate surface area is 118 Å². The zero-order chi connectivity index (χ0) is 13.9. The Balaban J connectivity index is 1.81. The van der Waals surface area contributed by atoms with E-state index < -0.39 is 0 Å². The van der Waals surface area contributed by atoms with Gasteiger partial charge in [-0.05, 0) is 12.1 Å². The molecular formula is C13H10N4O2S. The Bertz CT molecular complexity index is 736. The number of aromatic nitrogens is 2. The van der Waals surface area contributed by atoms with E-state index in [1.807, 2.05) is 12.1 Å². The largest absolute Gasteiger partial charge is 0.444 e. The van der Waals surface area contributed by atoms with Crippen LogP contribution < -0.4 is 11.1 Å². The molecule has 2 aromatic heterocycles. The highest BCUT2D eigenvalue weighted by molar-refractivity contribution is 7.13. The van der Waals surface area contributed by atoms with Crippen molar-refractivity contribution in [2.75, 3.05) is 11.1 Å². The van der Waals surface area contributed by atoms with Gasteiger partial charge in [-0.15, -0.1) is 11.3 Å². The molecule has 0 bridgehead atoms. The standard InChI is InChI=1S/C13H10N4O2S/c14-13-17-10(6-20-13)12(18)16-9-3-1-2-8(4-9)11-5-15-7-19-11/h1-7H,(H2,14,17)(H,16,18). The van der Waals surface area contributed by atoms with E-state index in [1.54, 1.807) is 23.7 Å². The van der Waals surface area contributed by atoms with E-state index in [-0.39, 0.29) is 5.91 Å². The van der Waals surface area contributed by atoms with Crippen molar-refractivity contribution >= 4 is 28.1 Å². The number of carbonyl (C=O) groups is 1. The van der Waals surface area contributed by atoms with Crippen molar-refractivity contribution in [3.8, 4) is 11.3 Å². The fourth-order valence-corrected chi connectivity index (χ4v) is 2.24. The number of anilines is 2. The number of nitrogens with one attached hydrogen (secondary N) is 1. The molecule has 1 aromatic carbocycles. The molecule has 6 nitrogen and oxygen atoms in total. The second kappa shape index (κ2) is 5.14. The average molecular weight is 286 g/mol. The molecule has 0 saturated heterocycles. The van der Waals surface area contributed by atoms with Gasteiger partial charge in [-0.25, -0.2) is 9.97 Å². The van der Waals surface area contributed by atoms with Crippen LogP contribution >= 0.6 is 11.3 Å². The SMILES string of the molecule is Nc1nc(C(=O)Nc2cccc(-c3cnco3)c2)cs1. The van der Waals surface area contributed by atoms with Gasteiger partial charge in [-0.3, -0.25) is 4.79 Å². The molecular weight excluding hydrogens is 276 g/mol. The number of carbonyl (C=O) groups excluding carboxylic acids is 1. The third-order valence-corrected chi connectivity index (χ3v) is 3.27. The molecule has 0 spiro atoms. The van der Waals surface area contributed by atoms with Gasteiger partial charge in [-0.2, -0.15) is 0 Å². The molecule has 3 N–H and O–H groups in total. The normalized spacial score (nSPS) is 10.4. The molecule has 0 unspecified atom stereocenters. The Morgan fingerprint density at radius 2 is 2.30 bits per heavy atom. The lowest BCUT2D eigenvalue weighted by Crippen LogP contribution is -2.12. The second-order valence-electron chi connectivity index (χ2n) is 3.97. The number of hydrogen-bond acceptors (Lipinski definition) is 6. The minimum absolute atomic E-state index is 0.298. The quantitative estimate of drug-likeness (QED) is 0.772. The molecule has 0 aliphatic heterocycles. The molecule has 0 aliphatic rings. The van der Waals surface area contributed by atoms with Crippen LogP contribution in [0.2, 0.25) is 0 Å². The van der Waals surface area contributed by atoms with Gasteiger partial charge in [-0.1, -0.05) is 12.1 Å². The van der Waals surface area contributed by atoms with Crippen LogP contribution in [0.4, 0.5) is 10.8 Å². The summed E-state index contributed by atoms with van der Waals surface area (Å²) >= 11 is 1.23. The molecule has 7 heteroatoms. The molecule has 2 heterocycles. The lowest BCUT2D eigenvalue weighted by molar-refractivity contribution is 0.102. The lowest BCUT2D eigenvalue weighted by Gasteiger charge is -2.04. The number of benzene rings is 1. The first-order chi connectivity index (χ1) is 9.72. The van der Waals surface area contributed by atoms with Crippen LogP contribution in [-0.2, 0) is 0 Å². The van der Waals surface area contributed by atoms with Crippen molar-refractivity contribution in [2.24, 2.45) is 0 Å². The van der Waals surface area contributed by atoms with Crippen molar-refractivity contribution in [2.45, 2.75) is 0 Å². The Morgan fingerprint density at radius 3 is 3.00 bits per heavy atom. The van der Waals surface area contributed by atoms with Gasteiger partial charge >= 0.3 is 0 Å². The molecule has 0 radical (unpaired) electrons. The molecule has 3 rings (SSSR count). The fraction of sp³-hybridized carbons (Fsp3) is 0. The van der Waals surface area contributed by atoms with E-state index in [0.29, 0.717) is 22.3 Å². The highest BCUT2D eigenvalue weighted by Crippen LogP contribution is 2.22. The number of nitrogens with two attached hydrogens (primary N) is 1. The van der Waals surface area contributed by atoms with E-state index in [9.17, 15) is 4.79 Å². The molecule has 1 amide bonds. The maximum Gasteiger partial charge on any atom is 0.275 e. The molecule has 0 atom stereocenters. The highest BCUT2D eigenvalue weighted by atomic mass is 32.1. The van der Waals surface area contributed by atoms with Crippen molar-refractivity contribution in [1.82, 2.24) is 9.97 Å². The monoisotopic (exact) mass is 286 g/mol. The van der Waals surface area contributed by atoms with Gasteiger partial charge in [0.1, 0.15) is 5.69 Å². The van der Waals surface area contributed by atoms with E-state index in [4.69, 9.17) is 10.2 Å². The second-order valence-corrected chi connectivity index (χ2v) is 4.86. The lowest BCUT2D eigenvalue weighted by atomic mass is 10.1. The number of rotatable bonds is 3. The number of oxazole rings is 1. The van der Waals surface area contributed by atoms with Crippen LogP contribution in [0.1, 0.15) is 10.5 Å². The van der Waals surface area contributed by atoms with Crippen molar-refractivity contribution in [1.29, 1.82) is 0 Å². The fourth-order valence-electron chi connectivity index (χ4n) is 1.70. The van der Waals surface area contributed by atoms with Crippen LogP contribution in [-0.4, -0.2) is 15.9 Å². The topological polar surface area (TPSA) is 94.0 Å². The Morgan fingerprint density at radius 1 is 1.40 bits per heavy atom. The number of amides is 1. The molecule has 100 valence electrons. The third kappa shape index (κ3) is 2.52. The van der Waals surface area contributed by atoms with Gasteiger partial charge in [0.25, 0.3) is 5.91 Å². The number of thiazole rings is 1. The zero-order valence-corrected chi connectivity index (χ0v) is 11.1. The predicted octanol–water partition coefficient (Wildman–Crippen LogP) is 2.63. The first-order valence-electron chi connectivity index (χ1n) is 5.73. The van der Waals surface area contributed by atoms with Crippen molar-refractivity contribution < 1.29 is 9.21 Å². The van der Waals surface area contributed by atoms with Gasteiger partial charge in [0.2, 0.25) is 0 Å². The van der Waals surface area contributed by atoms with Crippen LogP contribution in [0.5, 0.6) is 0 Å². The zero-order valence-electron chi connectivity index (χ0n) is 10.2. The number of nitrogens with zero attached hydrogens (tertiary/aromatic N) is 2. The smallest absolute Gasteiger partial charge is 0.275 e. The predicted molar refractivity (Wildman–Crippen MR) is 76.4 cm³/mol. The summed E-state index contributed by atoms with van der Waals surface area (Å²) in [4.78, 5) is 19.8. The van der Waals surface area contributed by atoms with Gasteiger partial charge in [0, 0.05) is 16.6 Å². The van der Waals surface area contributed by atoms with Gasteiger partial charge in [0.05, 0.1) is 6.20 Å². The third-order valence-electron chi connectivity index (χ3n) is 2.59. The summed E-state index contributed by atoms with van der Waals surface area (Å²) in [6.45, 7) is 0. The average Bonchev–Trinajstić information content (AvgIpc) is 3.10. The summed E-state index contributed by atoms with van der Waals surface area (Å²) < 4.78 is 5.22. The molecule has 20 heavy (non-hydrogen) atoms. The number of hydrogen-bond donors (Lipinski definition) is 2. The van der Waals surface area contributed by atoms with Crippen LogP contribution in [0.3, 0.4) is 0 Å². The van der Waals surface area contributed by atoms with Crippen LogP contribution in [0, 0.1) is 0 Å². The van der Waals surface area contributed by atoms with Gasteiger partial charge in [0.15, 0.2) is 17.3 Å². The van der Waals surface area contributed by atoms with E-state index in [2.05, 4.69) is 15.3 Å². The summed E-state index contributed by atoms with van der Waals surface area (Å²) in [5.74, 6) is 0.340. The Kier molecular flexibility index (Phi) is 3.18. The maximum absolute atomic E-state index is 12.0. The van der Waals surface area contributed by atoms with E-state index in [0.717, 1.165) is 5.56 Å². The first-order valence-corrected chi connectivity index (χ1v) is 6.61. The summed E-state index contributed by atoms with van der Waals surface area (Å²) in [5, 5.41) is 4.74. The van der Waals surface area contributed by atoms with Crippen LogP contribution in [0.25, 0.3) is 11.3 Å². The number of nitrogen functional groups attached to an aromatic ring is 1. The summed E-state index contributed by atoms with van der Waals surface area (Å²) in [5.41, 5.74) is 7.29. The van der Waals surface area contributed by atoms with Crippen molar-refractivity contribution in [3.05, 3.63) is 47.9 Å². The van der Waals surface area contributed by atoms with E-state index in [1.165, 1.54) is 17.7 Å². The minimum Gasteiger partial charge on any atom is -0.444 e. The molecule has 0 saturated carbocycles. The summed E-state index contributed by atoms with van der Waals surface area (Å²) in [7, 11) is 0. The molecule has 0 aliphatic carbocycles. The summed E-state index contributed by atoms with van der Waals surface area (Å²) in [6.07, 6.45) is 2.97.